The van der Waals surface area contributed by atoms with Gasteiger partial charge in [-0.15, -0.1) is 0 Å². The van der Waals surface area contributed by atoms with E-state index in [-0.39, 0.29) is 21.9 Å². The van der Waals surface area contributed by atoms with Crippen LogP contribution in [-0.2, 0) is 10.8 Å². The molecule has 326 valence electrons. The maximum absolute atomic E-state index is 2.79. The second kappa shape index (κ2) is 14.3. The third-order valence-corrected chi connectivity index (χ3v) is 21.8. The van der Waals surface area contributed by atoms with Gasteiger partial charge in [0, 0.05) is 33.6 Å². The van der Waals surface area contributed by atoms with E-state index in [1.807, 2.05) is 0 Å². The van der Waals surface area contributed by atoms with E-state index >= 15 is 0 Å². The van der Waals surface area contributed by atoms with Gasteiger partial charge in [0.2, 0.25) is 0 Å². The number of hydrogen-bond acceptors (Lipinski definition) is 2. The van der Waals surface area contributed by atoms with E-state index in [0.29, 0.717) is 0 Å². The largest absolute Gasteiger partial charge is 0.334 e. The molecule has 4 unspecified atom stereocenters. The standard InChI is InChI=1S/C60H68N2Si2/c1-57-33-17-19-35-59(57,3)61(53-31-27-45(39-51(53)57)63(5,6)7)43-25-29-47-49(37-43)55(41-21-13-11-14-22-41)48-30-26-44(38-50(48)56(47)42-23-15-12-16-24-42)62-54-32-28-46(64(8,9)10)40-52(54)58(2)34-18-20-36-60(58,62)4/h11-16,21-32,37-40H,17-20,33-36H2,1-10H3. The summed E-state index contributed by atoms with van der Waals surface area (Å²) in [6, 6.07) is 52.9. The van der Waals surface area contributed by atoms with Crippen LogP contribution in [-0.4, -0.2) is 27.2 Å². The molecule has 2 fully saturated rings. The summed E-state index contributed by atoms with van der Waals surface area (Å²) >= 11 is 0. The van der Waals surface area contributed by atoms with Gasteiger partial charge in [0.15, 0.2) is 0 Å². The minimum Gasteiger partial charge on any atom is -0.334 e. The van der Waals surface area contributed by atoms with Crippen LogP contribution in [0, 0.1) is 0 Å². The SMILES string of the molecule is CC12CCCCC1(C)N(c1ccc3c(-c4ccccc4)c4cc(N5c6ccc([Si](C)(C)C)cc6C6(C)CCCCC56C)ccc4c(-c4ccccc4)c3c1)c1ccc([Si](C)(C)C)cc12. The molecule has 0 amide bonds. The average molecular weight is 873 g/mol. The molecule has 11 rings (SSSR count). The third-order valence-electron chi connectivity index (χ3n) is 17.7. The van der Waals surface area contributed by atoms with Crippen LogP contribution in [0.15, 0.2) is 133 Å². The van der Waals surface area contributed by atoms with E-state index in [4.69, 9.17) is 0 Å². The van der Waals surface area contributed by atoms with Crippen molar-refractivity contribution in [1.82, 2.24) is 0 Å². The highest BCUT2D eigenvalue weighted by Gasteiger charge is 2.59. The van der Waals surface area contributed by atoms with Gasteiger partial charge in [-0.1, -0.05) is 186 Å². The Labute approximate surface area is 385 Å². The normalized spacial score (nSPS) is 25.3. The lowest BCUT2D eigenvalue weighted by Gasteiger charge is -2.50. The molecule has 4 aliphatic rings. The Kier molecular flexibility index (Phi) is 9.33. The lowest BCUT2D eigenvalue weighted by Crippen LogP contribution is -2.54. The predicted octanol–water partition coefficient (Wildman–Crippen LogP) is 15.9. The number of nitrogens with zero attached hydrogens (tertiary/aromatic N) is 2. The van der Waals surface area contributed by atoms with Crippen LogP contribution < -0.4 is 20.2 Å². The lowest BCUT2D eigenvalue weighted by atomic mass is 9.61. The summed E-state index contributed by atoms with van der Waals surface area (Å²) in [4.78, 5) is 5.58. The zero-order valence-corrected chi connectivity index (χ0v) is 42.3. The number of anilines is 4. The Morgan fingerprint density at radius 3 is 1.14 bits per heavy atom. The maximum atomic E-state index is 2.79. The van der Waals surface area contributed by atoms with Crippen molar-refractivity contribution in [2.75, 3.05) is 9.80 Å². The molecule has 7 aromatic carbocycles. The Balaban J connectivity index is 1.18. The minimum absolute atomic E-state index is 0.0220. The molecule has 2 heterocycles. The predicted molar refractivity (Wildman–Crippen MR) is 284 cm³/mol. The molecule has 2 nitrogen and oxygen atoms in total. The van der Waals surface area contributed by atoms with Crippen molar-refractivity contribution in [1.29, 1.82) is 0 Å². The Bertz CT molecular complexity index is 2790. The van der Waals surface area contributed by atoms with Crippen LogP contribution in [0.3, 0.4) is 0 Å². The van der Waals surface area contributed by atoms with Gasteiger partial charge in [-0.25, -0.2) is 0 Å². The minimum atomic E-state index is -1.51. The number of fused-ring (bicyclic) bond motifs is 8. The molecule has 64 heavy (non-hydrogen) atoms. The monoisotopic (exact) mass is 872 g/mol. The maximum Gasteiger partial charge on any atom is 0.0776 e. The van der Waals surface area contributed by atoms with Crippen LogP contribution >= 0.6 is 0 Å². The zero-order chi connectivity index (χ0) is 44.6. The van der Waals surface area contributed by atoms with Gasteiger partial charge in [0.1, 0.15) is 0 Å². The average Bonchev–Trinajstić information content (AvgIpc) is 3.62. The summed E-state index contributed by atoms with van der Waals surface area (Å²) < 4.78 is 0. The molecule has 4 heteroatoms. The summed E-state index contributed by atoms with van der Waals surface area (Å²) in [6.07, 6.45) is 9.97. The first kappa shape index (κ1) is 41.8. The van der Waals surface area contributed by atoms with Crippen LogP contribution in [0.1, 0.15) is 90.2 Å². The van der Waals surface area contributed by atoms with Crippen molar-refractivity contribution in [3.63, 3.8) is 0 Å². The van der Waals surface area contributed by atoms with Gasteiger partial charge in [-0.05, 0) is 131 Å². The molecule has 0 radical (unpaired) electrons. The first-order valence-electron chi connectivity index (χ1n) is 24.5. The van der Waals surface area contributed by atoms with E-state index in [2.05, 4.69) is 210 Å². The molecule has 7 aromatic rings. The second-order valence-corrected chi connectivity index (χ2v) is 33.4. The quantitative estimate of drug-likeness (QED) is 0.121. The molecule has 0 N–H and O–H groups in total. The second-order valence-electron chi connectivity index (χ2n) is 23.2. The Hall–Kier alpha value is -4.91. The van der Waals surface area contributed by atoms with Crippen molar-refractivity contribution in [3.05, 3.63) is 145 Å². The highest BCUT2D eigenvalue weighted by Crippen LogP contribution is 2.63. The van der Waals surface area contributed by atoms with Crippen molar-refractivity contribution < 1.29 is 0 Å². The molecular weight excluding hydrogens is 805 g/mol. The van der Waals surface area contributed by atoms with E-state index in [9.17, 15) is 0 Å². The molecule has 2 aliphatic heterocycles. The zero-order valence-electron chi connectivity index (χ0n) is 40.3. The number of hydrogen-bond donors (Lipinski definition) is 0. The molecule has 2 saturated carbocycles. The van der Waals surface area contributed by atoms with Crippen LogP contribution in [0.4, 0.5) is 22.7 Å². The van der Waals surface area contributed by atoms with Crippen molar-refractivity contribution in [2.24, 2.45) is 0 Å². The Morgan fingerprint density at radius 2 is 0.766 bits per heavy atom. The third kappa shape index (κ3) is 5.86. The van der Waals surface area contributed by atoms with Gasteiger partial charge in [0.25, 0.3) is 0 Å². The molecular formula is C60H68N2Si2. The van der Waals surface area contributed by atoms with E-state index in [1.165, 1.54) is 118 Å². The molecule has 0 saturated heterocycles. The topological polar surface area (TPSA) is 6.48 Å². The summed E-state index contributed by atoms with van der Waals surface area (Å²) in [5.41, 5.74) is 13.9. The van der Waals surface area contributed by atoms with Crippen molar-refractivity contribution in [2.45, 2.75) is 140 Å². The van der Waals surface area contributed by atoms with E-state index in [0.717, 1.165) is 0 Å². The van der Waals surface area contributed by atoms with Gasteiger partial charge >= 0.3 is 0 Å². The smallest absolute Gasteiger partial charge is 0.0776 e. The molecule has 0 spiro atoms. The van der Waals surface area contributed by atoms with Crippen LogP contribution in [0.5, 0.6) is 0 Å². The Morgan fingerprint density at radius 1 is 0.391 bits per heavy atom. The first-order valence-corrected chi connectivity index (χ1v) is 31.5. The molecule has 0 bridgehead atoms. The summed E-state index contributed by atoms with van der Waals surface area (Å²) in [5, 5.41) is 8.43. The summed E-state index contributed by atoms with van der Waals surface area (Å²) in [6.45, 7) is 25.3. The molecule has 2 aliphatic carbocycles. The van der Waals surface area contributed by atoms with E-state index < -0.39 is 16.1 Å². The van der Waals surface area contributed by atoms with Gasteiger partial charge < -0.3 is 9.80 Å². The number of rotatable bonds is 6. The van der Waals surface area contributed by atoms with Crippen molar-refractivity contribution in [3.8, 4) is 22.3 Å². The number of benzene rings is 7. The van der Waals surface area contributed by atoms with E-state index in [1.54, 1.807) is 21.5 Å². The fourth-order valence-corrected chi connectivity index (χ4v) is 15.8. The van der Waals surface area contributed by atoms with Gasteiger partial charge in [-0.2, -0.15) is 0 Å². The lowest BCUT2D eigenvalue weighted by molar-refractivity contribution is 0.195. The van der Waals surface area contributed by atoms with Crippen LogP contribution in [0.2, 0.25) is 39.3 Å². The van der Waals surface area contributed by atoms with Crippen LogP contribution in [0.25, 0.3) is 43.8 Å². The molecule has 0 aromatic heterocycles. The highest BCUT2D eigenvalue weighted by molar-refractivity contribution is 6.89. The first-order chi connectivity index (χ1) is 30.5. The van der Waals surface area contributed by atoms with Gasteiger partial charge in [0.05, 0.1) is 27.2 Å². The summed E-state index contributed by atoms with van der Waals surface area (Å²) in [7, 11) is -3.03. The fourth-order valence-electron chi connectivity index (χ4n) is 13.5. The fraction of sp³-hybridized carbons (Fsp3) is 0.367. The highest BCUT2D eigenvalue weighted by atomic mass is 28.3. The summed E-state index contributed by atoms with van der Waals surface area (Å²) in [5.74, 6) is 0. The van der Waals surface area contributed by atoms with Crippen molar-refractivity contribution >= 4 is 70.8 Å². The van der Waals surface area contributed by atoms with Gasteiger partial charge in [-0.3, -0.25) is 0 Å². The molecule has 4 atom stereocenters.